The van der Waals surface area contributed by atoms with Crippen LogP contribution in [0.2, 0.25) is 0 Å². The molecule has 0 fully saturated rings. The van der Waals surface area contributed by atoms with Crippen LogP contribution in [0.5, 0.6) is 0 Å². The van der Waals surface area contributed by atoms with E-state index >= 15 is 0 Å². The molecule has 0 aliphatic carbocycles. The Morgan fingerprint density at radius 1 is 1.04 bits per heavy atom. The summed E-state index contributed by atoms with van der Waals surface area (Å²) in [5, 5.41) is 0. The second-order valence-corrected chi connectivity index (χ2v) is 5.83. The normalized spacial score (nSPS) is 13.2. The summed E-state index contributed by atoms with van der Waals surface area (Å²) in [4.78, 5) is 18.9. The van der Waals surface area contributed by atoms with Gasteiger partial charge in [-0.25, -0.2) is 0 Å². The zero-order valence-corrected chi connectivity index (χ0v) is 12.9. The Labute approximate surface area is 135 Å². The molecule has 1 aliphatic rings. The first-order chi connectivity index (χ1) is 11.2. The molecule has 1 amide bonds. The van der Waals surface area contributed by atoms with Gasteiger partial charge in [0.25, 0.3) is 5.91 Å². The van der Waals surface area contributed by atoms with Crippen molar-refractivity contribution >= 4 is 11.6 Å². The minimum Gasteiger partial charge on any atom is -0.354 e. The van der Waals surface area contributed by atoms with Crippen LogP contribution in [0.25, 0.3) is 0 Å². The van der Waals surface area contributed by atoms with Gasteiger partial charge in [-0.2, -0.15) is 0 Å². The summed E-state index contributed by atoms with van der Waals surface area (Å²) in [7, 11) is 2.06. The molecule has 0 unspecified atom stereocenters. The molecule has 2 aromatic heterocycles. The molecule has 0 bridgehead atoms. The van der Waals surface area contributed by atoms with Crippen molar-refractivity contribution in [2.75, 3.05) is 4.90 Å². The molecule has 3 heterocycles. The van der Waals surface area contributed by atoms with E-state index in [1.54, 1.807) is 24.5 Å². The maximum Gasteiger partial charge on any atom is 0.258 e. The van der Waals surface area contributed by atoms with Crippen LogP contribution in [0, 0.1) is 0 Å². The third-order valence-corrected chi connectivity index (χ3v) is 4.44. The molecule has 4 heteroatoms. The fourth-order valence-electron chi connectivity index (χ4n) is 3.19. The first-order valence-electron chi connectivity index (χ1n) is 7.67. The smallest absolute Gasteiger partial charge is 0.258 e. The number of aromatic nitrogens is 2. The number of amides is 1. The van der Waals surface area contributed by atoms with Gasteiger partial charge in [0.1, 0.15) is 0 Å². The monoisotopic (exact) mass is 303 g/mol. The lowest BCUT2D eigenvalue weighted by Gasteiger charge is -2.23. The fraction of sp³-hybridized carbons (Fsp3) is 0.158. The number of carbonyl (C=O) groups is 1. The van der Waals surface area contributed by atoms with E-state index in [-0.39, 0.29) is 5.91 Å². The van der Waals surface area contributed by atoms with Crippen molar-refractivity contribution in [3.05, 3.63) is 83.4 Å². The highest BCUT2D eigenvalue weighted by Crippen LogP contribution is 2.31. The van der Waals surface area contributed by atoms with Crippen LogP contribution >= 0.6 is 0 Å². The number of hydrogen-bond donors (Lipinski definition) is 0. The van der Waals surface area contributed by atoms with Crippen molar-refractivity contribution in [3.63, 3.8) is 0 Å². The number of pyridine rings is 1. The molecule has 4 rings (SSSR count). The standard InChI is InChI=1S/C19H17N3O/c1-21-11-8-16-13-22(19(23)14-6-9-20-10-7-14)17-5-3-2-4-15(17)12-18(16)21/h2-11H,12-13H2,1H3. The lowest BCUT2D eigenvalue weighted by molar-refractivity contribution is 0.0985. The Hall–Kier alpha value is -2.88. The fourth-order valence-corrected chi connectivity index (χ4v) is 3.19. The van der Waals surface area contributed by atoms with Crippen molar-refractivity contribution in [3.8, 4) is 0 Å². The summed E-state index contributed by atoms with van der Waals surface area (Å²) in [6, 6.07) is 13.8. The van der Waals surface area contributed by atoms with Crippen LogP contribution < -0.4 is 4.90 Å². The molecule has 1 aromatic carbocycles. The molecule has 114 valence electrons. The number of aryl methyl sites for hydroxylation is 1. The minimum atomic E-state index is 0.0107. The number of para-hydroxylation sites is 1. The molecule has 23 heavy (non-hydrogen) atoms. The van der Waals surface area contributed by atoms with Crippen molar-refractivity contribution in [1.29, 1.82) is 0 Å². The Kier molecular flexibility index (Phi) is 3.23. The summed E-state index contributed by atoms with van der Waals surface area (Å²) in [6.07, 6.45) is 6.22. The number of carbonyl (C=O) groups excluding carboxylic acids is 1. The maximum absolute atomic E-state index is 13.0. The molecule has 0 spiro atoms. The van der Waals surface area contributed by atoms with E-state index in [4.69, 9.17) is 0 Å². The SMILES string of the molecule is Cn1ccc2c1Cc1ccccc1N(C(=O)c1ccncc1)C2. The number of hydrogen-bond acceptors (Lipinski definition) is 2. The number of fused-ring (bicyclic) bond motifs is 2. The molecule has 0 saturated carbocycles. The Balaban J connectivity index is 1.84. The minimum absolute atomic E-state index is 0.0107. The molecule has 3 aromatic rings. The predicted octanol–water partition coefficient (Wildman–Crippen LogP) is 3.17. The van der Waals surface area contributed by atoms with Gasteiger partial charge in [0, 0.05) is 49.0 Å². The molecule has 0 saturated heterocycles. The zero-order chi connectivity index (χ0) is 15.8. The van der Waals surface area contributed by atoms with Crippen molar-refractivity contribution in [1.82, 2.24) is 9.55 Å². The van der Waals surface area contributed by atoms with E-state index in [0.29, 0.717) is 12.1 Å². The summed E-state index contributed by atoms with van der Waals surface area (Å²) >= 11 is 0. The molecule has 0 N–H and O–H groups in total. The summed E-state index contributed by atoms with van der Waals surface area (Å²) in [5.41, 5.74) is 5.30. The molecular formula is C19H17N3O. The summed E-state index contributed by atoms with van der Waals surface area (Å²) in [6.45, 7) is 0.592. The van der Waals surface area contributed by atoms with Gasteiger partial charge >= 0.3 is 0 Å². The second-order valence-electron chi connectivity index (χ2n) is 5.83. The topological polar surface area (TPSA) is 38.1 Å². The summed E-state index contributed by atoms with van der Waals surface area (Å²) < 4.78 is 2.15. The van der Waals surface area contributed by atoms with E-state index in [9.17, 15) is 4.79 Å². The van der Waals surface area contributed by atoms with E-state index < -0.39 is 0 Å². The molecule has 0 atom stereocenters. The van der Waals surface area contributed by atoms with Crippen LogP contribution in [-0.2, 0) is 20.0 Å². The number of rotatable bonds is 1. The highest BCUT2D eigenvalue weighted by molar-refractivity contribution is 6.06. The van der Waals surface area contributed by atoms with Gasteiger partial charge < -0.3 is 9.47 Å². The van der Waals surface area contributed by atoms with Gasteiger partial charge in [-0.05, 0) is 35.4 Å². The van der Waals surface area contributed by atoms with Gasteiger partial charge in [0.15, 0.2) is 0 Å². The van der Waals surface area contributed by atoms with Crippen LogP contribution in [0.15, 0.2) is 61.1 Å². The molecule has 1 aliphatic heterocycles. The first kappa shape index (κ1) is 13.8. The Morgan fingerprint density at radius 3 is 2.65 bits per heavy atom. The molecular weight excluding hydrogens is 286 g/mol. The van der Waals surface area contributed by atoms with Crippen LogP contribution in [0.3, 0.4) is 0 Å². The third kappa shape index (κ3) is 2.32. The summed E-state index contributed by atoms with van der Waals surface area (Å²) in [5.74, 6) is 0.0107. The first-order valence-corrected chi connectivity index (χ1v) is 7.67. The number of nitrogens with zero attached hydrogens (tertiary/aromatic N) is 3. The van der Waals surface area contributed by atoms with Crippen molar-refractivity contribution < 1.29 is 4.79 Å². The average molecular weight is 303 g/mol. The molecule has 0 radical (unpaired) electrons. The molecule has 4 nitrogen and oxygen atoms in total. The number of benzene rings is 1. The van der Waals surface area contributed by atoms with Crippen molar-refractivity contribution in [2.24, 2.45) is 7.05 Å². The van der Waals surface area contributed by atoms with E-state index in [2.05, 4.69) is 34.9 Å². The van der Waals surface area contributed by atoms with Gasteiger partial charge in [0.2, 0.25) is 0 Å². The van der Waals surface area contributed by atoms with Crippen LogP contribution in [0.1, 0.15) is 27.2 Å². The maximum atomic E-state index is 13.0. The van der Waals surface area contributed by atoms with Gasteiger partial charge in [-0.3, -0.25) is 9.78 Å². The van der Waals surface area contributed by atoms with Gasteiger partial charge in [0.05, 0.1) is 6.54 Å². The van der Waals surface area contributed by atoms with Gasteiger partial charge in [-0.15, -0.1) is 0 Å². The van der Waals surface area contributed by atoms with Crippen molar-refractivity contribution in [2.45, 2.75) is 13.0 Å². The Bertz CT molecular complexity index is 867. The van der Waals surface area contributed by atoms with Gasteiger partial charge in [-0.1, -0.05) is 18.2 Å². The predicted molar refractivity (Wildman–Crippen MR) is 89.4 cm³/mol. The Morgan fingerprint density at radius 2 is 1.83 bits per heavy atom. The van der Waals surface area contributed by atoms with E-state index in [1.807, 2.05) is 23.1 Å². The quantitative estimate of drug-likeness (QED) is 0.692. The lowest BCUT2D eigenvalue weighted by atomic mass is 10.1. The third-order valence-electron chi connectivity index (χ3n) is 4.44. The average Bonchev–Trinajstić information content (AvgIpc) is 2.84. The lowest BCUT2D eigenvalue weighted by Crippen LogP contribution is -2.30. The second kappa shape index (κ2) is 5.39. The van der Waals surface area contributed by atoms with Crippen LogP contribution in [0.4, 0.5) is 5.69 Å². The highest BCUT2D eigenvalue weighted by Gasteiger charge is 2.25. The zero-order valence-electron chi connectivity index (χ0n) is 12.9. The van der Waals surface area contributed by atoms with E-state index in [1.165, 1.54) is 16.8 Å². The van der Waals surface area contributed by atoms with E-state index in [0.717, 1.165) is 12.1 Å². The highest BCUT2D eigenvalue weighted by atomic mass is 16.2. The number of anilines is 1. The largest absolute Gasteiger partial charge is 0.354 e. The van der Waals surface area contributed by atoms with Crippen LogP contribution in [-0.4, -0.2) is 15.5 Å².